The molecule has 0 aliphatic carbocycles. The van der Waals surface area contributed by atoms with Crippen molar-refractivity contribution < 1.29 is 9.59 Å². The van der Waals surface area contributed by atoms with Gasteiger partial charge in [0, 0.05) is 18.8 Å². The van der Waals surface area contributed by atoms with Crippen LogP contribution in [0.1, 0.15) is 24.5 Å². The number of benzene rings is 1. The molecule has 0 unspecified atom stereocenters. The van der Waals surface area contributed by atoms with Gasteiger partial charge in [-0.25, -0.2) is 4.79 Å². The van der Waals surface area contributed by atoms with Gasteiger partial charge in [-0.1, -0.05) is 31.2 Å². The summed E-state index contributed by atoms with van der Waals surface area (Å²) < 4.78 is 0. The Balaban J connectivity index is 2.45. The van der Waals surface area contributed by atoms with Crippen LogP contribution in [-0.4, -0.2) is 17.8 Å². The van der Waals surface area contributed by atoms with Crippen molar-refractivity contribution in [2.75, 3.05) is 5.88 Å². The van der Waals surface area contributed by atoms with E-state index >= 15 is 0 Å². The molecule has 0 radical (unpaired) electrons. The fourth-order valence-corrected chi connectivity index (χ4v) is 1.74. The van der Waals surface area contributed by atoms with E-state index in [1.807, 2.05) is 24.3 Å². The van der Waals surface area contributed by atoms with Crippen molar-refractivity contribution in [3.8, 4) is 0 Å². The lowest BCUT2D eigenvalue weighted by Gasteiger charge is -2.09. The predicted molar refractivity (Wildman–Crippen MR) is 71.5 cm³/mol. The van der Waals surface area contributed by atoms with Gasteiger partial charge in [0.2, 0.25) is 5.91 Å². The van der Waals surface area contributed by atoms with E-state index < -0.39 is 6.03 Å². The van der Waals surface area contributed by atoms with E-state index in [-0.39, 0.29) is 18.2 Å². The molecule has 0 heterocycles. The van der Waals surface area contributed by atoms with Crippen LogP contribution in [0, 0.1) is 0 Å². The molecule has 1 aromatic rings. The van der Waals surface area contributed by atoms with E-state index in [1.54, 1.807) is 0 Å². The Bertz CT molecular complexity index is 421. The van der Waals surface area contributed by atoms with E-state index in [2.05, 4.69) is 17.6 Å². The molecule has 0 aliphatic heterocycles. The van der Waals surface area contributed by atoms with Crippen molar-refractivity contribution in [2.45, 2.75) is 26.3 Å². The smallest absolute Gasteiger partial charge is 0.321 e. The number of carbonyl (C=O) groups is 2. The highest BCUT2D eigenvalue weighted by atomic mass is 35.5. The van der Waals surface area contributed by atoms with Crippen molar-refractivity contribution in [3.05, 3.63) is 35.4 Å². The number of carbonyl (C=O) groups excluding carboxylic acids is 2. The van der Waals surface area contributed by atoms with Crippen LogP contribution in [0.5, 0.6) is 0 Å². The summed E-state index contributed by atoms with van der Waals surface area (Å²) in [5.74, 6) is -0.163. The summed E-state index contributed by atoms with van der Waals surface area (Å²) >= 11 is 5.40. The zero-order valence-corrected chi connectivity index (χ0v) is 11.1. The Morgan fingerprint density at radius 1 is 1.22 bits per heavy atom. The van der Waals surface area contributed by atoms with E-state index in [9.17, 15) is 9.59 Å². The Morgan fingerprint density at radius 2 is 1.89 bits per heavy atom. The first kappa shape index (κ1) is 14.5. The molecule has 0 aromatic heterocycles. The van der Waals surface area contributed by atoms with Crippen LogP contribution >= 0.6 is 11.6 Å². The number of amides is 3. The normalized spacial score (nSPS) is 9.89. The monoisotopic (exact) mass is 268 g/mol. The molecule has 0 atom stereocenters. The summed E-state index contributed by atoms with van der Waals surface area (Å²) in [6, 6.07) is 7.38. The van der Waals surface area contributed by atoms with Crippen LogP contribution < -0.4 is 10.6 Å². The predicted octanol–water partition coefficient (Wildman–Crippen LogP) is 2.20. The van der Waals surface area contributed by atoms with Gasteiger partial charge in [-0.15, -0.1) is 11.6 Å². The van der Waals surface area contributed by atoms with E-state index in [4.69, 9.17) is 11.6 Å². The molecule has 0 saturated carbocycles. The lowest BCUT2D eigenvalue weighted by Crippen LogP contribution is -2.39. The molecule has 2 N–H and O–H groups in total. The van der Waals surface area contributed by atoms with Gasteiger partial charge in [0.1, 0.15) is 0 Å². The number of rotatable bonds is 5. The van der Waals surface area contributed by atoms with Gasteiger partial charge in [0.25, 0.3) is 0 Å². The summed E-state index contributed by atoms with van der Waals surface area (Å²) in [5, 5.41) is 4.86. The molecular formula is C13H17ClN2O2. The van der Waals surface area contributed by atoms with Crippen molar-refractivity contribution in [1.29, 1.82) is 0 Å². The third-order valence-corrected chi connectivity index (χ3v) is 2.70. The van der Waals surface area contributed by atoms with Crippen molar-refractivity contribution >= 4 is 23.5 Å². The van der Waals surface area contributed by atoms with Gasteiger partial charge < -0.3 is 5.32 Å². The zero-order chi connectivity index (χ0) is 13.4. The quantitative estimate of drug-likeness (QED) is 0.805. The van der Waals surface area contributed by atoms with E-state index in [0.29, 0.717) is 6.54 Å². The minimum absolute atomic E-state index is 0.139. The molecule has 1 aromatic carbocycles. The highest BCUT2D eigenvalue weighted by molar-refractivity contribution is 6.19. The fraction of sp³-hybridized carbons (Fsp3) is 0.385. The van der Waals surface area contributed by atoms with Crippen molar-refractivity contribution in [3.63, 3.8) is 0 Å². The number of urea groups is 1. The van der Waals surface area contributed by atoms with Crippen LogP contribution in [0.25, 0.3) is 0 Å². The highest BCUT2D eigenvalue weighted by Gasteiger charge is 2.07. The van der Waals surface area contributed by atoms with Crippen molar-refractivity contribution in [2.24, 2.45) is 0 Å². The van der Waals surface area contributed by atoms with Crippen LogP contribution in [-0.2, 0) is 17.8 Å². The molecule has 0 fully saturated rings. The Labute approximate surface area is 112 Å². The fourth-order valence-electron chi connectivity index (χ4n) is 1.57. The molecule has 3 amide bonds. The topological polar surface area (TPSA) is 58.2 Å². The first-order valence-electron chi connectivity index (χ1n) is 5.87. The van der Waals surface area contributed by atoms with Crippen LogP contribution in [0.4, 0.5) is 4.79 Å². The zero-order valence-electron chi connectivity index (χ0n) is 10.3. The SMILES string of the molecule is CCc1ccccc1CNC(=O)NC(=O)CCCl. The van der Waals surface area contributed by atoms with Gasteiger partial charge in [0.15, 0.2) is 0 Å². The summed E-state index contributed by atoms with van der Waals surface area (Å²) in [7, 11) is 0. The van der Waals surface area contributed by atoms with Crippen LogP contribution in [0.15, 0.2) is 24.3 Å². The molecule has 0 saturated heterocycles. The standard InChI is InChI=1S/C13H17ClN2O2/c1-2-10-5-3-4-6-11(10)9-15-13(18)16-12(17)7-8-14/h3-6H,2,7-9H2,1H3,(H2,15,16,17,18). The van der Waals surface area contributed by atoms with Crippen LogP contribution in [0.2, 0.25) is 0 Å². The number of aryl methyl sites for hydroxylation is 1. The second kappa shape index (κ2) is 7.71. The number of hydrogen-bond acceptors (Lipinski definition) is 2. The third kappa shape index (κ3) is 4.75. The lowest BCUT2D eigenvalue weighted by molar-refractivity contribution is -0.119. The summed E-state index contributed by atoms with van der Waals surface area (Å²) in [4.78, 5) is 22.5. The molecule has 18 heavy (non-hydrogen) atoms. The van der Waals surface area contributed by atoms with Gasteiger partial charge in [-0.05, 0) is 17.5 Å². The van der Waals surface area contributed by atoms with Gasteiger partial charge in [0.05, 0.1) is 0 Å². The second-order valence-corrected chi connectivity index (χ2v) is 4.17. The number of hydrogen-bond donors (Lipinski definition) is 2. The Morgan fingerprint density at radius 3 is 2.50 bits per heavy atom. The molecule has 4 nitrogen and oxygen atoms in total. The summed E-state index contributed by atoms with van der Waals surface area (Å²) in [6.45, 7) is 2.47. The largest absolute Gasteiger partial charge is 0.334 e. The first-order chi connectivity index (χ1) is 8.67. The molecule has 98 valence electrons. The molecule has 0 aliphatic rings. The van der Waals surface area contributed by atoms with E-state index in [0.717, 1.165) is 12.0 Å². The molecule has 0 spiro atoms. The highest BCUT2D eigenvalue weighted by Crippen LogP contribution is 2.08. The molecule has 5 heteroatoms. The van der Waals surface area contributed by atoms with E-state index in [1.165, 1.54) is 5.56 Å². The summed E-state index contributed by atoms with van der Waals surface area (Å²) in [6.07, 6.45) is 1.05. The average molecular weight is 269 g/mol. The maximum Gasteiger partial charge on any atom is 0.321 e. The second-order valence-electron chi connectivity index (χ2n) is 3.79. The first-order valence-corrected chi connectivity index (χ1v) is 6.41. The number of imide groups is 1. The molecule has 1 rings (SSSR count). The Hall–Kier alpha value is -1.55. The van der Waals surface area contributed by atoms with Crippen LogP contribution in [0.3, 0.4) is 0 Å². The third-order valence-electron chi connectivity index (χ3n) is 2.51. The summed E-state index contributed by atoms with van der Waals surface area (Å²) in [5.41, 5.74) is 2.24. The maximum atomic E-state index is 11.4. The minimum atomic E-state index is -0.490. The van der Waals surface area contributed by atoms with Gasteiger partial charge in [-0.3, -0.25) is 10.1 Å². The van der Waals surface area contributed by atoms with Gasteiger partial charge in [-0.2, -0.15) is 0 Å². The number of halogens is 1. The number of alkyl halides is 1. The van der Waals surface area contributed by atoms with Gasteiger partial charge >= 0.3 is 6.03 Å². The number of nitrogens with one attached hydrogen (secondary N) is 2. The van der Waals surface area contributed by atoms with Crippen molar-refractivity contribution in [1.82, 2.24) is 10.6 Å². The Kier molecular flexibility index (Phi) is 6.22. The average Bonchev–Trinajstić information content (AvgIpc) is 2.37. The minimum Gasteiger partial charge on any atom is -0.334 e. The molecule has 0 bridgehead atoms. The lowest BCUT2D eigenvalue weighted by atomic mass is 10.1. The maximum absolute atomic E-state index is 11.4. The molecular weight excluding hydrogens is 252 g/mol.